The number of nitrogens with zero attached hydrogens (tertiary/aromatic N) is 4. The van der Waals surface area contributed by atoms with E-state index in [0.717, 1.165) is 5.56 Å². The van der Waals surface area contributed by atoms with E-state index in [0.29, 0.717) is 33.5 Å². The number of hydrogen-bond donors (Lipinski definition) is 0. The van der Waals surface area contributed by atoms with Gasteiger partial charge in [0.05, 0.1) is 27.3 Å². The van der Waals surface area contributed by atoms with Crippen LogP contribution in [0.1, 0.15) is 21.6 Å². The Morgan fingerprint density at radius 3 is 2.50 bits per heavy atom. The first-order valence-corrected chi connectivity index (χ1v) is 9.22. The topological polar surface area (TPSA) is 100 Å². The normalized spacial score (nSPS) is 10.9. The lowest BCUT2D eigenvalue weighted by Gasteiger charge is -2.09. The van der Waals surface area contributed by atoms with Crippen LogP contribution in [0.4, 0.5) is 5.69 Å². The van der Waals surface area contributed by atoms with E-state index in [2.05, 4.69) is 10.1 Å². The third-order valence-electron chi connectivity index (χ3n) is 4.83. The van der Waals surface area contributed by atoms with Crippen LogP contribution in [0.2, 0.25) is 0 Å². The molecule has 4 aromatic rings. The molecule has 0 saturated carbocycles. The van der Waals surface area contributed by atoms with Crippen molar-refractivity contribution < 1.29 is 14.5 Å². The second-order valence-electron chi connectivity index (χ2n) is 6.92. The fraction of sp³-hybridized carbons (Fsp3) is 0.136. The number of rotatable bonds is 4. The number of aryl methyl sites for hydroxylation is 3. The molecule has 8 nitrogen and oxygen atoms in total. The molecule has 0 aliphatic carbocycles. The number of nitro benzene ring substituents is 1. The number of fused-ring (bicyclic) bond motifs is 1. The number of aromatic nitrogens is 3. The second-order valence-corrected chi connectivity index (χ2v) is 6.92. The van der Waals surface area contributed by atoms with Crippen LogP contribution < -0.4 is 4.74 Å². The molecule has 0 unspecified atom stereocenters. The van der Waals surface area contributed by atoms with Crippen molar-refractivity contribution in [3.8, 4) is 17.0 Å². The Morgan fingerprint density at radius 1 is 1.10 bits per heavy atom. The van der Waals surface area contributed by atoms with Gasteiger partial charge in [-0.05, 0) is 32.0 Å². The van der Waals surface area contributed by atoms with Crippen LogP contribution in [0.5, 0.6) is 5.75 Å². The van der Waals surface area contributed by atoms with Gasteiger partial charge >= 0.3 is 5.97 Å². The van der Waals surface area contributed by atoms with Crippen LogP contribution in [-0.2, 0) is 7.05 Å². The van der Waals surface area contributed by atoms with Gasteiger partial charge in [-0.1, -0.05) is 30.3 Å². The number of benzene rings is 2. The van der Waals surface area contributed by atoms with Gasteiger partial charge in [-0.3, -0.25) is 14.8 Å². The minimum atomic E-state index is -0.580. The lowest BCUT2D eigenvalue weighted by atomic mass is 10.1. The maximum Gasteiger partial charge on any atom is 0.344 e. The first-order valence-electron chi connectivity index (χ1n) is 9.22. The largest absolute Gasteiger partial charge is 0.423 e. The van der Waals surface area contributed by atoms with Gasteiger partial charge in [-0.15, -0.1) is 0 Å². The predicted octanol–water partition coefficient (Wildman–Crippen LogP) is 4.38. The van der Waals surface area contributed by atoms with Gasteiger partial charge < -0.3 is 4.74 Å². The first kappa shape index (κ1) is 19.3. The minimum Gasteiger partial charge on any atom is -0.423 e. The van der Waals surface area contributed by atoms with Gasteiger partial charge in [0.25, 0.3) is 5.69 Å². The summed E-state index contributed by atoms with van der Waals surface area (Å²) in [5, 5.41) is 16.0. The van der Waals surface area contributed by atoms with E-state index in [-0.39, 0.29) is 11.4 Å². The van der Waals surface area contributed by atoms with Crippen LogP contribution >= 0.6 is 0 Å². The third kappa shape index (κ3) is 3.39. The van der Waals surface area contributed by atoms with Crippen molar-refractivity contribution in [2.45, 2.75) is 13.8 Å². The summed E-state index contributed by atoms with van der Waals surface area (Å²) >= 11 is 0. The molecule has 0 amide bonds. The first-order chi connectivity index (χ1) is 14.3. The van der Waals surface area contributed by atoms with Gasteiger partial charge in [-0.25, -0.2) is 9.78 Å². The molecule has 0 aliphatic heterocycles. The highest BCUT2D eigenvalue weighted by Gasteiger charge is 2.21. The van der Waals surface area contributed by atoms with Gasteiger partial charge in [-0.2, -0.15) is 5.10 Å². The Bertz CT molecular complexity index is 1300. The molecule has 2 heterocycles. The Labute approximate surface area is 171 Å². The molecular formula is C22H18N4O4. The van der Waals surface area contributed by atoms with Crippen molar-refractivity contribution in [1.29, 1.82) is 0 Å². The smallest absolute Gasteiger partial charge is 0.344 e. The molecule has 0 bridgehead atoms. The zero-order valence-corrected chi connectivity index (χ0v) is 16.6. The fourth-order valence-electron chi connectivity index (χ4n) is 3.42. The maximum atomic E-state index is 13.1. The summed E-state index contributed by atoms with van der Waals surface area (Å²) in [6.45, 7) is 3.40. The van der Waals surface area contributed by atoms with Crippen molar-refractivity contribution in [2.24, 2.45) is 7.05 Å². The van der Waals surface area contributed by atoms with Crippen LogP contribution in [0.3, 0.4) is 0 Å². The molecule has 0 fully saturated rings. The number of nitro groups is 1. The Morgan fingerprint density at radius 2 is 1.83 bits per heavy atom. The summed E-state index contributed by atoms with van der Waals surface area (Å²) in [6.07, 6.45) is 0. The molecule has 2 aromatic heterocycles. The summed E-state index contributed by atoms with van der Waals surface area (Å²) in [7, 11) is 1.77. The average Bonchev–Trinajstić information content (AvgIpc) is 3.01. The fourth-order valence-corrected chi connectivity index (χ4v) is 3.42. The summed E-state index contributed by atoms with van der Waals surface area (Å²) in [5.74, 6) is -0.347. The van der Waals surface area contributed by atoms with Gasteiger partial charge in [0.1, 0.15) is 5.75 Å². The summed E-state index contributed by atoms with van der Waals surface area (Å²) in [5.41, 5.74) is 3.42. The van der Waals surface area contributed by atoms with E-state index in [1.165, 1.54) is 18.2 Å². The molecule has 8 heteroatoms. The Hall–Kier alpha value is -4.07. The summed E-state index contributed by atoms with van der Waals surface area (Å²) in [4.78, 5) is 28.3. The molecule has 0 N–H and O–H groups in total. The van der Waals surface area contributed by atoms with E-state index in [1.807, 2.05) is 30.3 Å². The number of esters is 1. The van der Waals surface area contributed by atoms with Crippen LogP contribution in [0.25, 0.3) is 22.3 Å². The highest BCUT2D eigenvalue weighted by molar-refractivity contribution is 6.05. The molecule has 4 rings (SSSR count). The van der Waals surface area contributed by atoms with Crippen molar-refractivity contribution in [2.75, 3.05) is 0 Å². The van der Waals surface area contributed by atoms with Crippen molar-refractivity contribution in [3.63, 3.8) is 0 Å². The van der Waals surface area contributed by atoms with Crippen LogP contribution in [0, 0.1) is 24.0 Å². The minimum absolute atomic E-state index is 0.0319. The van der Waals surface area contributed by atoms with E-state index in [4.69, 9.17) is 4.74 Å². The van der Waals surface area contributed by atoms with Crippen LogP contribution in [0.15, 0.2) is 54.6 Å². The monoisotopic (exact) mass is 402 g/mol. The lowest BCUT2D eigenvalue weighted by Crippen LogP contribution is -2.10. The summed E-state index contributed by atoms with van der Waals surface area (Å²) in [6, 6.07) is 15.4. The maximum absolute atomic E-state index is 13.1. The highest BCUT2D eigenvalue weighted by atomic mass is 16.6. The van der Waals surface area contributed by atoms with E-state index < -0.39 is 10.9 Å². The van der Waals surface area contributed by atoms with Crippen molar-refractivity contribution in [1.82, 2.24) is 14.8 Å². The molecule has 150 valence electrons. The predicted molar refractivity (Wildman–Crippen MR) is 111 cm³/mol. The highest BCUT2D eigenvalue weighted by Crippen LogP contribution is 2.29. The number of carbonyl (C=O) groups is 1. The second kappa shape index (κ2) is 7.40. The molecular weight excluding hydrogens is 384 g/mol. The molecule has 2 aromatic carbocycles. The van der Waals surface area contributed by atoms with E-state index in [9.17, 15) is 14.9 Å². The molecule has 0 atom stereocenters. The van der Waals surface area contributed by atoms with Crippen molar-refractivity contribution >= 4 is 22.7 Å². The zero-order valence-electron chi connectivity index (χ0n) is 16.6. The van der Waals surface area contributed by atoms with Gasteiger partial charge in [0.2, 0.25) is 0 Å². The number of pyridine rings is 1. The zero-order chi connectivity index (χ0) is 21.4. The number of carbonyl (C=O) groups excluding carboxylic acids is 1. The molecule has 0 spiro atoms. The molecule has 0 saturated heterocycles. The standard InChI is InChI=1S/C22H18N4O4/c1-13-11-16(9-10-19(13)26(28)29)30-22(27)17-12-18(15-7-5-4-6-8-15)23-21-20(17)14(2)24-25(21)3/h4-12H,1-3H3. The van der Waals surface area contributed by atoms with Crippen molar-refractivity contribution in [3.05, 3.63) is 81.5 Å². The number of ether oxygens (including phenoxy) is 1. The molecule has 0 radical (unpaired) electrons. The van der Waals surface area contributed by atoms with E-state index in [1.54, 1.807) is 31.6 Å². The summed E-state index contributed by atoms with van der Waals surface area (Å²) < 4.78 is 7.18. The quantitative estimate of drug-likeness (QED) is 0.217. The lowest BCUT2D eigenvalue weighted by molar-refractivity contribution is -0.385. The Balaban J connectivity index is 1.80. The third-order valence-corrected chi connectivity index (χ3v) is 4.83. The number of hydrogen-bond acceptors (Lipinski definition) is 6. The van der Waals surface area contributed by atoms with Crippen LogP contribution in [-0.4, -0.2) is 25.7 Å². The van der Waals surface area contributed by atoms with Gasteiger partial charge in [0, 0.05) is 24.2 Å². The Kier molecular flexibility index (Phi) is 4.75. The van der Waals surface area contributed by atoms with E-state index >= 15 is 0 Å². The molecule has 30 heavy (non-hydrogen) atoms. The molecule has 0 aliphatic rings. The SMILES string of the molecule is Cc1cc(OC(=O)c2cc(-c3ccccc3)nc3c2c(C)nn3C)ccc1[N+](=O)[O-]. The average molecular weight is 402 g/mol. The van der Waals surface area contributed by atoms with Gasteiger partial charge in [0.15, 0.2) is 5.65 Å².